The highest BCUT2D eigenvalue weighted by Gasteiger charge is 2.36. The van der Waals surface area contributed by atoms with Gasteiger partial charge < -0.3 is 10.0 Å². The number of alkyl halides is 1. The SMILES string of the molecule is CC1CCN(CC2(CBr)CCCC2)CC1O. The zero-order valence-electron chi connectivity index (χ0n) is 10.3. The number of β-amino-alcohol motifs (C(OH)–C–C–N with tert-alkyl or cyclic N) is 1. The van der Waals surface area contributed by atoms with Crippen molar-refractivity contribution in [2.24, 2.45) is 11.3 Å². The molecule has 2 fully saturated rings. The number of hydrogen-bond acceptors (Lipinski definition) is 2. The van der Waals surface area contributed by atoms with Crippen molar-refractivity contribution in [3.63, 3.8) is 0 Å². The lowest BCUT2D eigenvalue weighted by Crippen LogP contribution is -2.47. The third kappa shape index (κ3) is 2.80. The maximum atomic E-state index is 9.93. The van der Waals surface area contributed by atoms with Gasteiger partial charge >= 0.3 is 0 Å². The van der Waals surface area contributed by atoms with E-state index in [0.717, 1.165) is 18.3 Å². The third-order valence-corrected chi connectivity index (χ3v) is 5.70. The van der Waals surface area contributed by atoms with Crippen LogP contribution < -0.4 is 0 Å². The zero-order chi connectivity index (χ0) is 11.6. The molecule has 1 saturated carbocycles. The highest BCUT2D eigenvalue weighted by molar-refractivity contribution is 9.09. The Balaban J connectivity index is 1.89. The van der Waals surface area contributed by atoms with Crippen molar-refractivity contribution in [2.75, 3.05) is 25.0 Å². The van der Waals surface area contributed by atoms with Crippen molar-refractivity contribution >= 4 is 15.9 Å². The van der Waals surface area contributed by atoms with E-state index in [0.29, 0.717) is 11.3 Å². The summed E-state index contributed by atoms with van der Waals surface area (Å²) in [5, 5.41) is 11.1. The van der Waals surface area contributed by atoms with Gasteiger partial charge in [0.1, 0.15) is 0 Å². The van der Waals surface area contributed by atoms with Crippen molar-refractivity contribution in [3.8, 4) is 0 Å². The minimum atomic E-state index is -0.109. The third-order valence-electron chi connectivity index (χ3n) is 4.51. The van der Waals surface area contributed by atoms with Crippen molar-refractivity contribution in [3.05, 3.63) is 0 Å². The normalized spacial score (nSPS) is 35.4. The van der Waals surface area contributed by atoms with Crippen LogP contribution in [0.1, 0.15) is 39.0 Å². The first kappa shape index (κ1) is 12.8. The zero-order valence-corrected chi connectivity index (χ0v) is 11.9. The van der Waals surface area contributed by atoms with Crippen LogP contribution in [0, 0.1) is 11.3 Å². The van der Waals surface area contributed by atoms with E-state index in [1.807, 2.05) is 0 Å². The summed E-state index contributed by atoms with van der Waals surface area (Å²) in [7, 11) is 0. The molecule has 0 bridgehead atoms. The fourth-order valence-corrected chi connectivity index (χ4v) is 3.93. The molecule has 0 radical (unpaired) electrons. The Bertz CT molecular complexity index is 228. The molecule has 0 spiro atoms. The molecule has 2 unspecified atom stereocenters. The monoisotopic (exact) mass is 289 g/mol. The quantitative estimate of drug-likeness (QED) is 0.808. The Labute approximate surface area is 108 Å². The van der Waals surface area contributed by atoms with Gasteiger partial charge in [-0.05, 0) is 37.1 Å². The summed E-state index contributed by atoms with van der Waals surface area (Å²) in [5.41, 5.74) is 0.500. The molecule has 94 valence electrons. The molecule has 1 N–H and O–H groups in total. The fraction of sp³-hybridized carbons (Fsp3) is 1.00. The number of likely N-dealkylation sites (tertiary alicyclic amines) is 1. The number of hydrogen-bond donors (Lipinski definition) is 1. The van der Waals surface area contributed by atoms with Crippen molar-refractivity contribution < 1.29 is 5.11 Å². The summed E-state index contributed by atoms with van der Waals surface area (Å²) in [6.45, 7) is 5.41. The van der Waals surface area contributed by atoms with Crippen molar-refractivity contribution in [1.82, 2.24) is 4.90 Å². The van der Waals surface area contributed by atoms with Gasteiger partial charge in [-0.1, -0.05) is 35.7 Å². The molecule has 1 aliphatic heterocycles. The number of rotatable bonds is 3. The second-order valence-electron chi connectivity index (χ2n) is 5.91. The van der Waals surface area contributed by atoms with Crippen LogP contribution >= 0.6 is 15.9 Å². The first-order chi connectivity index (χ1) is 7.65. The second kappa shape index (κ2) is 5.36. The summed E-state index contributed by atoms with van der Waals surface area (Å²) in [5.74, 6) is 0.486. The number of halogens is 1. The van der Waals surface area contributed by atoms with Crippen LogP contribution in [0.2, 0.25) is 0 Å². The van der Waals surface area contributed by atoms with Crippen molar-refractivity contribution in [2.45, 2.75) is 45.1 Å². The van der Waals surface area contributed by atoms with Gasteiger partial charge in [0.15, 0.2) is 0 Å². The molecule has 2 atom stereocenters. The summed E-state index contributed by atoms with van der Waals surface area (Å²) < 4.78 is 0. The largest absolute Gasteiger partial charge is 0.392 e. The Hall–Kier alpha value is 0.400. The van der Waals surface area contributed by atoms with Crippen LogP contribution in [-0.4, -0.2) is 41.1 Å². The number of aliphatic hydroxyl groups is 1. The molecule has 1 saturated heterocycles. The predicted molar refractivity (Wildman–Crippen MR) is 70.9 cm³/mol. The van der Waals surface area contributed by atoms with Crippen LogP contribution in [-0.2, 0) is 0 Å². The maximum absolute atomic E-state index is 9.93. The van der Waals surface area contributed by atoms with Crippen LogP contribution in [0.5, 0.6) is 0 Å². The van der Waals surface area contributed by atoms with Gasteiger partial charge in [0, 0.05) is 18.4 Å². The first-order valence-electron chi connectivity index (χ1n) is 6.62. The summed E-state index contributed by atoms with van der Waals surface area (Å²) >= 11 is 3.70. The Morgan fingerprint density at radius 2 is 2.06 bits per heavy atom. The van der Waals surface area contributed by atoms with Crippen LogP contribution in [0.15, 0.2) is 0 Å². The Morgan fingerprint density at radius 1 is 1.38 bits per heavy atom. The van der Waals surface area contributed by atoms with Gasteiger partial charge in [0.05, 0.1) is 6.10 Å². The molecular formula is C13H24BrNO. The summed E-state index contributed by atoms with van der Waals surface area (Å²) in [6, 6.07) is 0. The highest BCUT2D eigenvalue weighted by Crippen LogP contribution is 2.40. The van der Waals surface area contributed by atoms with Gasteiger partial charge in [-0.25, -0.2) is 0 Å². The minimum Gasteiger partial charge on any atom is -0.392 e. The minimum absolute atomic E-state index is 0.109. The Morgan fingerprint density at radius 3 is 2.62 bits per heavy atom. The standard InChI is InChI=1S/C13H24BrNO/c1-11-4-7-15(8-12(11)16)10-13(9-14)5-2-3-6-13/h11-12,16H,2-10H2,1H3. The van der Waals surface area contributed by atoms with Gasteiger partial charge in [-0.2, -0.15) is 0 Å². The van der Waals surface area contributed by atoms with E-state index in [2.05, 4.69) is 27.8 Å². The molecule has 2 aliphatic rings. The van der Waals surface area contributed by atoms with E-state index < -0.39 is 0 Å². The van der Waals surface area contributed by atoms with Crippen molar-refractivity contribution in [1.29, 1.82) is 0 Å². The van der Waals surface area contributed by atoms with Gasteiger partial charge in [-0.3, -0.25) is 0 Å². The average molecular weight is 290 g/mol. The molecule has 16 heavy (non-hydrogen) atoms. The molecule has 3 heteroatoms. The van der Waals surface area contributed by atoms with E-state index in [-0.39, 0.29) is 6.10 Å². The van der Waals surface area contributed by atoms with E-state index >= 15 is 0 Å². The summed E-state index contributed by atoms with van der Waals surface area (Å²) in [4.78, 5) is 2.48. The molecule has 2 nitrogen and oxygen atoms in total. The van der Waals surface area contributed by atoms with E-state index in [4.69, 9.17) is 0 Å². The molecule has 0 aromatic heterocycles. The van der Waals surface area contributed by atoms with Gasteiger partial charge in [0.25, 0.3) is 0 Å². The van der Waals surface area contributed by atoms with E-state index in [1.165, 1.54) is 38.8 Å². The molecule has 1 aliphatic carbocycles. The van der Waals surface area contributed by atoms with Crippen LogP contribution in [0.25, 0.3) is 0 Å². The smallest absolute Gasteiger partial charge is 0.0693 e. The predicted octanol–water partition coefficient (Wildman–Crippen LogP) is 2.64. The highest BCUT2D eigenvalue weighted by atomic mass is 79.9. The maximum Gasteiger partial charge on any atom is 0.0693 e. The molecular weight excluding hydrogens is 266 g/mol. The number of nitrogens with zero attached hydrogens (tertiary/aromatic N) is 1. The lowest BCUT2D eigenvalue weighted by molar-refractivity contribution is 0.0138. The van der Waals surface area contributed by atoms with Crippen LogP contribution in [0.3, 0.4) is 0 Å². The average Bonchev–Trinajstić information content (AvgIpc) is 2.73. The van der Waals surface area contributed by atoms with Gasteiger partial charge in [0.2, 0.25) is 0 Å². The topological polar surface area (TPSA) is 23.5 Å². The molecule has 0 aromatic rings. The molecule has 0 aromatic carbocycles. The lowest BCUT2D eigenvalue weighted by atomic mass is 9.86. The first-order valence-corrected chi connectivity index (χ1v) is 7.74. The van der Waals surface area contributed by atoms with E-state index in [1.54, 1.807) is 0 Å². The molecule has 0 amide bonds. The van der Waals surface area contributed by atoms with E-state index in [9.17, 15) is 5.11 Å². The second-order valence-corrected chi connectivity index (χ2v) is 6.47. The molecule has 1 heterocycles. The fourth-order valence-electron chi connectivity index (χ4n) is 3.19. The molecule has 2 rings (SSSR count). The van der Waals surface area contributed by atoms with Crippen LogP contribution in [0.4, 0.5) is 0 Å². The lowest BCUT2D eigenvalue weighted by Gasteiger charge is -2.39. The van der Waals surface area contributed by atoms with Gasteiger partial charge in [-0.15, -0.1) is 0 Å². The summed E-state index contributed by atoms with van der Waals surface area (Å²) in [6.07, 6.45) is 6.54. The number of aliphatic hydroxyl groups excluding tert-OH is 1. The Kier molecular flexibility index (Phi) is 4.31. The number of piperidine rings is 1.